The highest BCUT2D eigenvalue weighted by molar-refractivity contribution is 5.61. The Morgan fingerprint density at radius 3 is 2.70 bits per heavy atom. The summed E-state index contributed by atoms with van der Waals surface area (Å²) >= 11 is 0. The van der Waals surface area contributed by atoms with Gasteiger partial charge in [0, 0.05) is 24.8 Å². The zero-order valence-corrected chi connectivity index (χ0v) is 17.6. The zero-order valence-electron chi connectivity index (χ0n) is 17.6. The lowest BCUT2D eigenvalue weighted by Crippen LogP contribution is -2.56. The van der Waals surface area contributed by atoms with E-state index in [1.54, 1.807) is 12.3 Å². The molecule has 2 aliphatic heterocycles. The highest BCUT2D eigenvalue weighted by atomic mass is 15.3. The first-order valence-electron chi connectivity index (χ1n) is 10.6. The van der Waals surface area contributed by atoms with E-state index in [-0.39, 0.29) is 0 Å². The standard InChI is InChI=1S/C23H27N7/c1-16-8-9-19(12-17(16)13-24)27-23-26-15-18(14-25)22(28-23)29(2)20-7-5-11-30-10-4-3-6-21(20)30/h8-9,12,15,20-21H,3-7,10-11H2,1-2H3,(H,26,27,28)/t20-,21+/m0/s1. The van der Waals surface area contributed by atoms with Crippen LogP contribution in [-0.2, 0) is 0 Å². The third kappa shape index (κ3) is 3.94. The molecular formula is C23H27N7. The summed E-state index contributed by atoms with van der Waals surface area (Å²) in [5.74, 6) is 1.10. The summed E-state index contributed by atoms with van der Waals surface area (Å²) in [6.45, 7) is 4.25. The van der Waals surface area contributed by atoms with E-state index in [9.17, 15) is 10.5 Å². The van der Waals surface area contributed by atoms with Gasteiger partial charge in [0.2, 0.25) is 5.95 Å². The van der Waals surface area contributed by atoms with Gasteiger partial charge in [-0.25, -0.2) is 4.98 Å². The molecule has 154 valence electrons. The predicted molar refractivity (Wildman–Crippen MR) is 117 cm³/mol. The molecule has 0 aliphatic carbocycles. The number of likely N-dealkylation sites (N-methyl/N-ethyl adjacent to an activating group) is 1. The normalized spacial score (nSPS) is 21.2. The smallest absolute Gasteiger partial charge is 0.229 e. The molecule has 0 unspecified atom stereocenters. The van der Waals surface area contributed by atoms with Gasteiger partial charge in [-0.3, -0.25) is 4.90 Å². The fourth-order valence-corrected chi connectivity index (χ4v) is 4.76. The highest BCUT2D eigenvalue weighted by Crippen LogP contribution is 2.32. The fraction of sp³-hybridized carbons (Fsp3) is 0.478. The zero-order chi connectivity index (χ0) is 21.1. The van der Waals surface area contributed by atoms with Crippen molar-refractivity contribution < 1.29 is 0 Å². The Balaban J connectivity index is 1.61. The number of anilines is 3. The summed E-state index contributed by atoms with van der Waals surface area (Å²) in [7, 11) is 2.05. The van der Waals surface area contributed by atoms with Gasteiger partial charge < -0.3 is 10.2 Å². The first-order valence-corrected chi connectivity index (χ1v) is 10.6. The van der Waals surface area contributed by atoms with Crippen molar-refractivity contribution in [1.82, 2.24) is 14.9 Å². The molecule has 2 aromatic rings. The van der Waals surface area contributed by atoms with Crippen LogP contribution in [0.25, 0.3) is 0 Å². The number of piperidine rings is 2. The predicted octanol–water partition coefficient (Wildman–Crippen LogP) is 3.73. The van der Waals surface area contributed by atoms with Crippen LogP contribution in [-0.4, -0.2) is 47.1 Å². The van der Waals surface area contributed by atoms with Gasteiger partial charge in [0.1, 0.15) is 11.6 Å². The molecule has 1 N–H and O–H groups in total. The van der Waals surface area contributed by atoms with E-state index in [1.165, 1.54) is 38.8 Å². The number of benzene rings is 1. The Kier molecular flexibility index (Phi) is 5.83. The van der Waals surface area contributed by atoms with Gasteiger partial charge in [-0.05, 0) is 63.4 Å². The van der Waals surface area contributed by atoms with Crippen LogP contribution in [0.5, 0.6) is 0 Å². The van der Waals surface area contributed by atoms with E-state index in [1.807, 2.05) is 19.1 Å². The number of aryl methyl sites for hydroxylation is 1. The third-order valence-electron chi connectivity index (χ3n) is 6.39. The maximum Gasteiger partial charge on any atom is 0.229 e. The SMILES string of the molecule is Cc1ccc(Nc2ncc(C#N)c(N(C)[C@H]3CCCN4CCCC[C@H]34)n2)cc1C#N. The Morgan fingerprint density at radius 1 is 1.10 bits per heavy atom. The second-order valence-corrected chi connectivity index (χ2v) is 8.23. The van der Waals surface area contributed by atoms with Crippen LogP contribution >= 0.6 is 0 Å². The van der Waals surface area contributed by atoms with Crippen LogP contribution < -0.4 is 10.2 Å². The highest BCUT2D eigenvalue weighted by Gasteiger charge is 2.36. The number of nitrogens with zero attached hydrogens (tertiary/aromatic N) is 6. The summed E-state index contributed by atoms with van der Waals surface area (Å²) in [6.07, 6.45) is 7.61. The Hall–Kier alpha value is -3.16. The van der Waals surface area contributed by atoms with E-state index >= 15 is 0 Å². The maximum absolute atomic E-state index is 9.65. The molecule has 1 aromatic carbocycles. The summed E-state index contributed by atoms with van der Waals surface area (Å²) in [4.78, 5) is 13.8. The van der Waals surface area contributed by atoms with Crippen LogP contribution in [0.4, 0.5) is 17.5 Å². The van der Waals surface area contributed by atoms with Gasteiger partial charge in [0.25, 0.3) is 0 Å². The van der Waals surface area contributed by atoms with Crippen LogP contribution in [0.1, 0.15) is 48.8 Å². The second kappa shape index (κ2) is 8.69. The molecule has 7 heteroatoms. The number of fused-ring (bicyclic) bond motifs is 1. The van der Waals surface area contributed by atoms with Crippen molar-refractivity contribution >= 4 is 17.5 Å². The van der Waals surface area contributed by atoms with Crippen molar-refractivity contribution in [2.75, 3.05) is 30.4 Å². The van der Waals surface area contributed by atoms with Gasteiger partial charge in [-0.1, -0.05) is 12.5 Å². The number of hydrogen-bond donors (Lipinski definition) is 1. The Labute approximate surface area is 178 Å². The van der Waals surface area contributed by atoms with Crippen LogP contribution in [0.2, 0.25) is 0 Å². The average Bonchev–Trinajstić information content (AvgIpc) is 2.79. The average molecular weight is 402 g/mol. The molecule has 0 radical (unpaired) electrons. The van der Waals surface area contributed by atoms with E-state index in [0.29, 0.717) is 35.0 Å². The molecule has 4 rings (SSSR count). The quantitative estimate of drug-likeness (QED) is 0.834. The van der Waals surface area contributed by atoms with Gasteiger partial charge in [-0.2, -0.15) is 15.5 Å². The van der Waals surface area contributed by atoms with Crippen molar-refractivity contribution in [1.29, 1.82) is 10.5 Å². The van der Waals surface area contributed by atoms with Gasteiger partial charge in [-0.15, -0.1) is 0 Å². The lowest BCUT2D eigenvalue weighted by Gasteiger charge is -2.47. The summed E-state index contributed by atoms with van der Waals surface area (Å²) in [5.41, 5.74) is 2.79. The molecule has 30 heavy (non-hydrogen) atoms. The third-order valence-corrected chi connectivity index (χ3v) is 6.39. The van der Waals surface area contributed by atoms with E-state index < -0.39 is 0 Å². The first kappa shape index (κ1) is 20.1. The molecule has 2 fully saturated rings. The van der Waals surface area contributed by atoms with Crippen molar-refractivity contribution in [2.24, 2.45) is 0 Å². The van der Waals surface area contributed by atoms with Crippen molar-refractivity contribution in [3.8, 4) is 12.1 Å². The van der Waals surface area contributed by atoms with Crippen LogP contribution in [0.3, 0.4) is 0 Å². The van der Waals surface area contributed by atoms with Crippen molar-refractivity contribution in [3.63, 3.8) is 0 Å². The molecule has 0 bridgehead atoms. The molecule has 2 saturated heterocycles. The topological polar surface area (TPSA) is 91.9 Å². The fourth-order valence-electron chi connectivity index (χ4n) is 4.76. The van der Waals surface area contributed by atoms with Crippen LogP contribution in [0.15, 0.2) is 24.4 Å². The second-order valence-electron chi connectivity index (χ2n) is 8.23. The minimum Gasteiger partial charge on any atom is -0.354 e. The number of hydrogen-bond acceptors (Lipinski definition) is 7. The summed E-state index contributed by atoms with van der Waals surface area (Å²) in [6, 6.07) is 10.9. The minimum atomic E-state index is 0.346. The minimum absolute atomic E-state index is 0.346. The number of nitrogens with one attached hydrogen (secondary N) is 1. The number of aromatic nitrogens is 2. The van der Waals surface area contributed by atoms with Gasteiger partial charge in [0.15, 0.2) is 5.82 Å². The maximum atomic E-state index is 9.65. The molecule has 0 amide bonds. The van der Waals surface area contributed by atoms with E-state index in [2.05, 4.69) is 39.3 Å². The monoisotopic (exact) mass is 401 g/mol. The van der Waals surface area contributed by atoms with Crippen molar-refractivity contribution in [2.45, 2.75) is 51.1 Å². The van der Waals surface area contributed by atoms with Crippen molar-refractivity contribution in [3.05, 3.63) is 41.1 Å². The Bertz CT molecular complexity index is 1000. The summed E-state index contributed by atoms with van der Waals surface area (Å²) in [5, 5.41) is 22.1. The Morgan fingerprint density at radius 2 is 1.90 bits per heavy atom. The van der Waals surface area contributed by atoms with E-state index in [0.717, 1.165) is 17.7 Å². The lowest BCUT2D eigenvalue weighted by atomic mass is 9.88. The molecule has 7 nitrogen and oxygen atoms in total. The molecule has 0 spiro atoms. The van der Waals surface area contributed by atoms with Gasteiger partial charge in [0.05, 0.1) is 17.8 Å². The molecule has 3 heterocycles. The number of rotatable bonds is 4. The molecule has 1 aromatic heterocycles. The first-order chi connectivity index (χ1) is 14.6. The summed E-state index contributed by atoms with van der Waals surface area (Å²) < 4.78 is 0. The molecular weight excluding hydrogens is 374 g/mol. The van der Waals surface area contributed by atoms with Crippen LogP contribution in [0, 0.1) is 29.6 Å². The largest absolute Gasteiger partial charge is 0.354 e. The molecule has 0 saturated carbocycles. The molecule has 2 aliphatic rings. The van der Waals surface area contributed by atoms with E-state index in [4.69, 9.17) is 4.98 Å². The number of nitriles is 2. The lowest BCUT2D eigenvalue weighted by molar-refractivity contribution is 0.0893. The molecule has 2 atom stereocenters. The van der Waals surface area contributed by atoms with Gasteiger partial charge >= 0.3 is 0 Å².